The zero-order valence-electron chi connectivity index (χ0n) is 12.4. The second kappa shape index (κ2) is 7.63. The van der Waals surface area contributed by atoms with Crippen LogP contribution in [0.5, 0.6) is 0 Å². The van der Waals surface area contributed by atoms with Gasteiger partial charge in [-0.2, -0.15) is 0 Å². The van der Waals surface area contributed by atoms with E-state index in [0.29, 0.717) is 11.6 Å². The van der Waals surface area contributed by atoms with E-state index in [9.17, 15) is 27.9 Å². The molecule has 0 aliphatic heterocycles. The Morgan fingerprint density at radius 3 is 2.17 bits per heavy atom. The Balaban J connectivity index is 2.04. The summed E-state index contributed by atoms with van der Waals surface area (Å²) in [5.74, 6) is -4.17. The average molecular weight is 337 g/mol. The Morgan fingerprint density at radius 1 is 0.958 bits per heavy atom. The lowest BCUT2D eigenvalue weighted by Crippen LogP contribution is -2.43. The van der Waals surface area contributed by atoms with Crippen molar-refractivity contribution in [2.45, 2.75) is 18.9 Å². The molecule has 0 heterocycles. The number of nitrogens with one attached hydrogen (secondary N) is 1. The molecule has 126 valence electrons. The number of hydrogen-bond donors (Lipinski definition) is 2. The summed E-state index contributed by atoms with van der Waals surface area (Å²) in [4.78, 5) is 23.2. The molecule has 2 aromatic rings. The van der Waals surface area contributed by atoms with Crippen LogP contribution in [0.2, 0.25) is 0 Å². The SMILES string of the molecule is O=C(Cc1cc(F)cc(F)c1)N[C@@H](Cc1cccc(F)c1)C(=O)O. The molecule has 1 amide bonds. The molecule has 0 bridgehead atoms. The van der Waals surface area contributed by atoms with E-state index in [1.165, 1.54) is 24.3 Å². The number of hydrogen-bond acceptors (Lipinski definition) is 2. The van der Waals surface area contributed by atoms with Gasteiger partial charge in [0, 0.05) is 12.5 Å². The fourth-order valence-electron chi connectivity index (χ4n) is 2.24. The minimum absolute atomic E-state index is 0.0832. The Morgan fingerprint density at radius 2 is 1.58 bits per heavy atom. The van der Waals surface area contributed by atoms with E-state index in [-0.39, 0.29) is 18.4 Å². The van der Waals surface area contributed by atoms with E-state index < -0.39 is 35.4 Å². The molecule has 0 aliphatic carbocycles. The summed E-state index contributed by atoms with van der Waals surface area (Å²) in [6.07, 6.45) is -0.488. The molecule has 2 N–H and O–H groups in total. The lowest BCUT2D eigenvalue weighted by molar-refractivity contribution is -0.141. The second-order valence-corrected chi connectivity index (χ2v) is 5.25. The van der Waals surface area contributed by atoms with Crippen molar-refractivity contribution in [1.82, 2.24) is 5.32 Å². The van der Waals surface area contributed by atoms with E-state index in [0.717, 1.165) is 12.1 Å². The van der Waals surface area contributed by atoms with E-state index in [4.69, 9.17) is 0 Å². The van der Waals surface area contributed by atoms with Crippen LogP contribution in [0.25, 0.3) is 0 Å². The molecule has 4 nitrogen and oxygen atoms in total. The van der Waals surface area contributed by atoms with Crippen LogP contribution in [0.15, 0.2) is 42.5 Å². The minimum Gasteiger partial charge on any atom is -0.480 e. The van der Waals surface area contributed by atoms with Gasteiger partial charge in [0.05, 0.1) is 6.42 Å². The predicted octanol–water partition coefficient (Wildman–Crippen LogP) is 2.46. The number of halogens is 3. The first-order chi connectivity index (χ1) is 11.3. The fourth-order valence-corrected chi connectivity index (χ4v) is 2.24. The van der Waals surface area contributed by atoms with Gasteiger partial charge in [-0.15, -0.1) is 0 Å². The topological polar surface area (TPSA) is 66.4 Å². The van der Waals surface area contributed by atoms with Crippen molar-refractivity contribution in [2.24, 2.45) is 0 Å². The summed E-state index contributed by atoms with van der Waals surface area (Å²) in [6.45, 7) is 0. The van der Waals surface area contributed by atoms with Crippen LogP contribution in [0.4, 0.5) is 13.2 Å². The Kier molecular flexibility index (Phi) is 5.57. The molecule has 0 spiro atoms. The number of carboxylic acid groups (broad SMARTS) is 1. The smallest absolute Gasteiger partial charge is 0.326 e. The molecule has 2 rings (SSSR count). The summed E-state index contributed by atoms with van der Waals surface area (Å²) >= 11 is 0. The number of carbonyl (C=O) groups excluding carboxylic acids is 1. The highest BCUT2D eigenvalue weighted by atomic mass is 19.1. The van der Waals surface area contributed by atoms with Crippen molar-refractivity contribution in [1.29, 1.82) is 0 Å². The summed E-state index contributed by atoms with van der Waals surface area (Å²) in [5, 5.41) is 11.4. The average Bonchev–Trinajstić information content (AvgIpc) is 2.45. The van der Waals surface area contributed by atoms with E-state index >= 15 is 0 Å². The van der Waals surface area contributed by atoms with Crippen LogP contribution < -0.4 is 5.32 Å². The first kappa shape index (κ1) is 17.5. The van der Waals surface area contributed by atoms with Gasteiger partial charge >= 0.3 is 5.97 Å². The highest BCUT2D eigenvalue weighted by Crippen LogP contribution is 2.10. The molecule has 0 saturated carbocycles. The van der Waals surface area contributed by atoms with Crippen LogP contribution in [-0.4, -0.2) is 23.0 Å². The molecule has 24 heavy (non-hydrogen) atoms. The fraction of sp³-hybridized carbons (Fsp3) is 0.176. The summed E-state index contributed by atoms with van der Waals surface area (Å²) in [7, 11) is 0. The number of rotatable bonds is 6. The minimum atomic E-state index is -1.29. The van der Waals surface area contributed by atoms with Gasteiger partial charge in [0.25, 0.3) is 0 Å². The number of benzene rings is 2. The third-order valence-corrected chi connectivity index (χ3v) is 3.25. The molecule has 0 unspecified atom stereocenters. The van der Waals surface area contributed by atoms with Crippen molar-refractivity contribution >= 4 is 11.9 Å². The Hall–Kier alpha value is -2.83. The third-order valence-electron chi connectivity index (χ3n) is 3.25. The number of carbonyl (C=O) groups is 2. The van der Waals surface area contributed by atoms with Crippen molar-refractivity contribution in [3.63, 3.8) is 0 Å². The maximum absolute atomic E-state index is 13.1. The quantitative estimate of drug-likeness (QED) is 0.851. The first-order valence-corrected chi connectivity index (χ1v) is 7.05. The monoisotopic (exact) mass is 337 g/mol. The van der Waals surface area contributed by atoms with Gasteiger partial charge in [0.1, 0.15) is 23.5 Å². The standard InChI is InChI=1S/C17H14F3NO3/c18-12-3-1-2-10(4-12)7-15(17(23)24)21-16(22)8-11-5-13(19)9-14(20)6-11/h1-6,9,15H,7-8H2,(H,21,22)(H,23,24)/t15-/m0/s1. The molecule has 2 aromatic carbocycles. The molecule has 7 heteroatoms. The second-order valence-electron chi connectivity index (χ2n) is 5.25. The zero-order chi connectivity index (χ0) is 17.7. The highest BCUT2D eigenvalue weighted by molar-refractivity contribution is 5.85. The summed E-state index contributed by atoms with van der Waals surface area (Å²) < 4.78 is 39.3. The largest absolute Gasteiger partial charge is 0.480 e. The lowest BCUT2D eigenvalue weighted by Gasteiger charge is -2.15. The molecule has 0 radical (unpaired) electrons. The van der Waals surface area contributed by atoms with E-state index in [1.54, 1.807) is 0 Å². The molecular weight excluding hydrogens is 323 g/mol. The van der Waals surface area contributed by atoms with Crippen molar-refractivity contribution < 1.29 is 27.9 Å². The highest BCUT2D eigenvalue weighted by Gasteiger charge is 2.21. The van der Waals surface area contributed by atoms with Crippen LogP contribution in [-0.2, 0) is 22.4 Å². The maximum Gasteiger partial charge on any atom is 0.326 e. The van der Waals surface area contributed by atoms with Gasteiger partial charge in [-0.1, -0.05) is 12.1 Å². The number of carboxylic acids is 1. The summed E-state index contributed by atoms with van der Waals surface area (Å²) in [5.41, 5.74) is 0.486. The van der Waals surface area contributed by atoms with Gasteiger partial charge in [0.15, 0.2) is 0 Å². The molecule has 1 atom stereocenters. The molecule has 0 aromatic heterocycles. The van der Waals surface area contributed by atoms with E-state index in [2.05, 4.69) is 5.32 Å². The van der Waals surface area contributed by atoms with E-state index in [1.807, 2.05) is 0 Å². The van der Waals surface area contributed by atoms with Crippen molar-refractivity contribution in [2.75, 3.05) is 0 Å². The normalized spacial score (nSPS) is 11.8. The predicted molar refractivity (Wildman–Crippen MR) is 79.7 cm³/mol. The molecule has 0 saturated heterocycles. The zero-order valence-corrected chi connectivity index (χ0v) is 12.4. The molecule has 0 aliphatic rings. The van der Waals surface area contributed by atoms with Crippen molar-refractivity contribution in [3.05, 3.63) is 71.0 Å². The first-order valence-electron chi connectivity index (χ1n) is 7.05. The molecule has 0 fully saturated rings. The van der Waals surface area contributed by atoms with Crippen LogP contribution in [0.3, 0.4) is 0 Å². The van der Waals surface area contributed by atoms with Gasteiger partial charge < -0.3 is 10.4 Å². The van der Waals surface area contributed by atoms with Gasteiger partial charge in [-0.05, 0) is 35.4 Å². The number of amides is 1. The van der Waals surface area contributed by atoms with Gasteiger partial charge in [-0.3, -0.25) is 4.79 Å². The van der Waals surface area contributed by atoms with Gasteiger partial charge in [0.2, 0.25) is 5.91 Å². The van der Waals surface area contributed by atoms with Crippen LogP contribution in [0.1, 0.15) is 11.1 Å². The Bertz CT molecular complexity index is 744. The van der Waals surface area contributed by atoms with Crippen molar-refractivity contribution in [3.8, 4) is 0 Å². The van der Waals surface area contributed by atoms with Gasteiger partial charge in [-0.25, -0.2) is 18.0 Å². The summed E-state index contributed by atoms with van der Waals surface area (Å²) in [6, 6.07) is 6.73. The lowest BCUT2D eigenvalue weighted by atomic mass is 10.1. The van der Waals surface area contributed by atoms with Crippen LogP contribution in [0, 0.1) is 17.5 Å². The third kappa shape index (κ3) is 5.12. The van der Waals surface area contributed by atoms with Crippen LogP contribution >= 0.6 is 0 Å². The maximum atomic E-state index is 13.1. The number of aliphatic carboxylic acids is 1. The molecular formula is C17H14F3NO3. The Labute approximate surface area is 135 Å².